The number of hydrogen-bond acceptors (Lipinski definition) is 2. The van der Waals surface area contributed by atoms with Crippen molar-refractivity contribution in [1.82, 2.24) is 5.32 Å². The van der Waals surface area contributed by atoms with Gasteiger partial charge in [0.2, 0.25) is 11.8 Å². The fourth-order valence-electron chi connectivity index (χ4n) is 2.45. The number of hydrogen-bond donors (Lipinski definition) is 1. The Bertz CT molecular complexity index is 528. The number of halogens is 1. The van der Waals surface area contributed by atoms with Gasteiger partial charge in [-0.2, -0.15) is 0 Å². The van der Waals surface area contributed by atoms with E-state index < -0.39 is 0 Å². The van der Waals surface area contributed by atoms with E-state index >= 15 is 0 Å². The highest BCUT2D eigenvalue weighted by Crippen LogP contribution is 2.35. The number of carbonyl (C=O) groups is 2. The normalized spacial score (nSPS) is 24.1. The number of carbonyl (C=O) groups excluding carboxylic acids is 2. The van der Waals surface area contributed by atoms with Crippen molar-refractivity contribution in [2.45, 2.75) is 25.3 Å². The smallest absolute Gasteiger partial charge is 0.249 e. The SMILES string of the molecule is O=C1CCN(c2cccc(Br)c2)C(=O)C(C2CC2)N1. The van der Waals surface area contributed by atoms with Gasteiger partial charge in [0.1, 0.15) is 6.04 Å². The summed E-state index contributed by atoms with van der Waals surface area (Å²) in [5, 5.41) is 2.86. The highest BCUT2D eigenvalue weighted by atomic mass is 79.9. The minimum atomic E-state index is -0.339. The molecule has 2 amide bonds. The molecular formula is C14H15BrN2O2. The van der Waals surface area contributed by atoms with E-state index in [1.165, 1.54) is 0 Å². The third-order valence-electron chi connectivity index (χ3n) is 3.62. The predicted molar refractivity (Wildman–Crippen MR) is 75.8 cm³/mol. The summed E-state index contributed by atoms with van der Waals surface area (Å²) in [6.07, 6.45) is 2.42. The molecule has 1 atom stereocenters. The first-order valence-corrected chi connectivity index (χ1v) is 7.31. The summed E-state index contributed by atoms with van der Waals surface area (Å²) in [4.78, 5) is 26.0. The number of nitrogens with one attached hydrogen (secondary N) is 1. The lowest BCUT2D eigenvalue weighted by Crippen LogP contribution is -2.46. The average molecular weight is 323 g/mol. The first-order chi connectivity index (χ1) is 9.15. The zero-order valence-electron chi connectivity index (χ0n) is 10.4. The van der Waals surface area contributed by atoms with Crippen molar-refractivity contribution < 1.29 is 9.59 Å². The summed E-state index contributed by atoms with van der Waals surface area (Å²) < 4.78 is 0.935. The Morgan fingerprint density at radius 1 is 1.26 bits per heavy atom. The fourth-order valence-corrected chi connectivity index (χ4v) is 2.84. The summed E-state index contributed by atoms with van der Waals surface area (Å²) in [6.45, 7) is 0.449. The van der Waals surface area contributed by atoms with Crippen molar-refractivity contribution in [3.05, 3.63) is 28.7 Å². The second-order valence-electron chi connectivity index (χ2n) is 5.10. The molecule has 1 saturated heterocycles. The molecule has 1 saturated carbocycles. The van der Waals surface area contributed by atoms with Crippen molar-refractivity contribution in [1.29, 1.82) is 0 Å². The molecule has 19 heavy (non-hydrogen) atoms. The van der Waals surface area contributed by atoms with Crippen LogP contribution in [0.3, 0.4) is 0 Å². The minimum absolute atomic E-state index is 0.0199. The maximum atomic E-state index is 12.6. The van der Waals surface area contributed by atoms with Gasteiger partial charge in [0, 0.05) is 23.1 Å². The van der Waals surface area contributed by atoms with Gasteiger partial charge in [0.25, 0.3) is 0 Å². The fraction of sp³-hybridized carbons (Fsp3) is 0.429. The van der Waals surface area contributed by atoms with E-state index in [-0.39, 0.29) is 17.9 Å². The van der Waals surface area contributed by atoms with E-state index in [9.17, 15) is 9.59 Å². The van der Waals surface area contributed by atoms with E-state index in [0.29, 0.717) is 18.9 Å². The Morgan fingerprint density at radius 3 is 2.74 bits per heavy atom. The zero-order chi connectivity index (χ0) is 13.4. The molecule has 1 aliphatic carbocycles. The van der Waals surface area contributed by atoms with Gasteiger partial charge in [-0.25, -0.2) is 0 Å². The van der Waals surface area contributed by atoms with Gasteiger partial charge in [0.05, 0.1) is 0 Å². The molecule has 1 aliphatic heterocycles. The molecule has 2 fully saturated rings. The Labute approximate surface area is 120 Å². The Balaban J connectivity index is 1.90. The zero-order valence-corrected chi connectivity index (χ0v) is 12.0. The summed E-state index contributed by atoms with van der Waals surface area (Å²) in [6, 6.07) is 7.31. The Morgan fingerprint density at radius 2 is 2.05 bits per heavy atom. The van der Waals surface area contributed by atoms with Gasteiger partial charge < -0.3 is 10.2 Å². The topological polar surface area (TPSA) is 49.4 Å². The van der Waals surface area contributed by atoms with Crippen molar-refractivity contribution in [2.24, 2.45) is 5.92 Å². The summed E-state index contributed by atoms with van der Waals surface area (Å²) in [5.74, 6) is 0.318. The number of rotatable bonds is 2. The molecule has 100 valence electrons. The van der Waals surface area contributed by atoms with Gasteiger partial charge in [-0.3, -0.25) is 9.59 Å². The van der Waals surface area contributed by atoms with Crippen LogP contribution in [0.15, 0.2) is 28.7 Å². The lowest BCUT2D eigenvalue weighted by molar-refractivity contribution is -0.126. The molecule has 4 nitrogen and oxygen atoms in total. The van der Waals surface area contributed by atoms with Crippen LogP contribution < -0.4 is 10.2 Å². The van der Waals surface area contributed by atoms with E-state index in [4.69, 9.17) is 0 Å². The van der Waals surface area contributed by atoms with E-state index in [1.54, 1.807) is 4.90 Å². The molecular weight excluding hydrogens is 308 g/mol. The van der Waals surface area contributed by atoms with E-state index in [0.717, 1.165) is 23.0 Å². The third-order valence-corrected chi connectivity index (χ3v) is 4.12. The van der Waals surface area contributed by atoms with Gasteiger partial charge in [-0.15, -0.1) is 0 Å². The third kappa shape index (κ3) is 2.66. The molecule has 1 heterocycles. The maximum absolute atomic E-state index is 12.6. The molecule has 2 aliphatic rings. The Hall–Kier alpha value is -1.36. The van der Waals surface area contributed by atoms with Crippen molar-refractivity contribution in [3.8, 4) is 0 Å². The molecule has 0 aromatic heterocycles. The molecule has 0 bridgehead atoms. The molecule has 1 N–H and O–H groups in total. The largest absolute Gasteiger partial charge is 0.344 e. The second kappa shape index (κ2) is 4.96. The van der Waals surface area contributed by atoms with Crippen molar-refractivity contribution >= 4 is 33.4 Å². The highest BCUT2D eigenvalue weighted by Gasteiger charge is 2.41. The van der Waals surface area contributed by atoms with Crippen LogP contribution >= 0.6 is 15.9 Å². The van der Waals surface area contributed by atoms with E-state index in [1.807, 2.05) is 24.3 Å². The van der Waals surface area contributed by atoms with Crippen LogP contribution in [0, 0.1) is 5.92 Å². The van der Waals surface area contributed by atoms with Gasteiger partial charge in [-0.05, 0) is 37.0 Å². The van der Waals surface area contributed by atoms with Crippen molar-refractivity contribution in [3.63, 3.8) is 0 Å². The summed E-state index contributed by atoms with van der Waals surface area (Å²) >= 11 is 3.42. The minimum Gasteiger partial charge on any atom is -0.344 e. The molecule has 3 rings (SSSR count). The van der Waals surface area contributed by atoms with Gasteiger partial charge in [0.15, 0.2) is 0 Å². The van der Waals surface area contributed by atoms with Crippen LogP contribution in [-0.2, 0) is 9.59 Å². The predicted octanol–water partition coefficient (Wildman–Crippen LogP) is 2.08. The first kappa shape index (κ1) is 12.7. The van der Waals surface area contributed by atoms with Crippen LogP contribution in [0.25, 0.3) is 0 Å². The van der Waals surface area contributed by atoms with Crippen molar-refractivity contribution in [2.75, 3.05) is 11.4 Å². The lowest BCUT2D eigenvalue weighted by Gasteiger charge is -2.24. The summed E-state index contributed by atoms with van der Waals surface area (Å²) in [7, 11) is 0. The second-order valence-corrected chi connectivity index (χ2v) is 6.02. The highest BCUT2D eigenvalue weighted by molar-refractivity contribution is 9.10. The van der Waals surface area contributed by atoms with Crippen LogP contribution in [0.5, 0.6) is 0 Å². The Kier molecular flexibility index (Phi) is 3.31. The maximum Gasteiger partial charge on any atom is 0.249 e. The van der Waals surface area contributed by atoms with Crippen LogP contribution in [0.1, 0.15) is 19.3 Å². The lowest BCUT2D eigenvalue weighted by atomic mass is 10.1. The van der Waals surface area contributed by atoms with Crippen LogP contribution in [0.4, 0.5) is 5.69 Å². The standard InChI is InChI=1S/C14H15BrN2O2/c15-10-2-1-3-11(8-10)17-7-6-12(18)16-13(14(17)19)9-4-5-9/h1-3,8-9,13H,4-7H2,(H,16,18). The van der Waals surface area contributed by atoms with Gasteiger partial charge >= 0.3 is 0 Å². The molecule has 1 aromatic rings. The molecule has 1 unspecified atom stereocenters. The molecule has 0 spiro atoms. The number of benzene rings is 1. The number of anilines is 1. The van der Waals surface area contributed by atoms with Crippen LogP contribution in [-0.4, -0.2) is 24.4 Å². The van der Waals surface area contributed by atoms with Crippen LogP contribution in [0.2, 0.25) is 0 Å². The average Bonchev–Trinajstić information content (AvgIpc) is 3.19. The first-order valence-electron chi connectivity index (χ1n) is 6.51. The molecule has 5 heteroatoms. The molecule has 1 aromatic carbocycles. The molecule has 0 radical (unpaired) electrons. The van der Waals surface area contributed by atoms with E-state index in [2.05, 4.69) is 21.2 Å². The summed E-state index contributed by atoms with van der Waals surface area (Å²) in [5.41, 5.74) is 0.849. The number of amides is 2. The monoisotopic (exact) mass is 322 g/mol. The number of nitrogens with zero attached hydrogens (tertiary/aromatic N) is 1. The quantitative estimate of drug-likeness (QED) is 0.906. The van der Waals surface area contributed by atoms with Gasteiger partial charge in [-0.1, -0.05) is 22.0 Å².